The Bertz CT molecular complexity index is 555. The fourth-order valence-corrected chi connectivity index (χ4v) is 2.31. The van der Waals surface area contributed by atoms with Gasteiger partial charge in [0.15, 0.2) is 0 Å². The molecule has 1 unspecified atom stereocenters. The summed E-state index contributed by atoms with van der Waals surface area (Å²) in [6.07, 6.45) is -1.07. The van der Waals surface area contributed by atoms with Gasteiger partial charge in [-0.05, 0) is 17.2 Å². The molecule has 1 aliphatic rings. The Kier molecular flexibility index (Phi) is 5.48. The number of para-hydroxylation sites is 1. The number of carbonyl (C=O) groups is 1. The van der Waals surface area contributed by atoms with E-state index in [0.717, 1.165) is 0 Å². The number of rotatable bonds is 6. The van der Waals surface area contributed by atoms with Crippen molar-refractivity contribution < 1.29 is 24.3 Å². The van der Waals surface area contributed by atoms with Crippen molar-refractivity contribution in [2.24, 2.45) is 5.18 Å². The van der Waals surface area contributed by atoms with Crippen molar-refractivity contribution in [2.75, 3.05) is 13.7 Å². The molecule has 1 aromatic rings. The van der Waals surface area contributed by atoms with Crippen LogP contribution in [0.5, 0.6) is 5.75 Å². The number of carbonyl (C=O) groups excluding carboxylic acids is 1. The molecule has 0 fully saturated rings. The van der Waals surface area contributed by atoms with Gasteiger partial charge < -0.3 is 24.8 Å². The predicted octanol–water partition coefficient (Wildman–Crippen LogP) is -0.0802. The molecule has 2 atom stereocenters. The SMILES string of the molecule is COCCC(=O)N[C@H]1Cc2cccc(C(O)N=O)c2OB1O. The van der Waals surface area contributed by atoms with Crippen LogP contribution in [0.2, 0.25) is 0 Å². The number of benzene rings is 1. The molecule has 0 radical (unpaired) electrons. The molecule has 0 bridgehead atoms. The first kappa shape index (κ1) is 16.4. The Morgan fingerprint density at radius 1 is 1.64 bits per heavy atom. The summed E-state index contributed by atoms with van der Waals surface area (Å²) in [5, 5.41) is 24.8. The number of aliphatic hydroxyl groups is 1. The highest BCUT2D eigenvalue weighted by Gasteiger charge is 2.37. The lowest BCUT2D eigenvalue weighted by Crippen LogP contribution is -2.53. The zero-order valence-corrected chi connectivity index (χ0v) is 12.1. The molecule has 1 aliphatic heterocycles. The minimum absolute atomic E-state index is 0.181. The van der Waals surface area contributed by atoms with Gasteiger partial charge in [0.05, 0.1) is 12.5 Å². The summed E-state index contributed by atoms with van der Waals surface area (Å²) < 4.78 is 10.2. The third-order valence-electron chi connectivity index (χ3n) is 3.41. The highest BCUT2D eigenvalue weighted by molar-refractivity contribution is 6.46. The van der Waals surface area contributed by atoms with Gasteiger partial charge in [-0.1, -0.05) is 18.2 Å². The fourth-order valence-electron chi connectivity index (χ4n) is 2.31. The van der Waals surface area contributed by atoms with Gasteiger partial charge in [-0.15, -0.1) is 4.91 Å². The van der Waals surface area contributed by atoms with Crippen LogP contribution < -0.4 is 9.97 Å². The minimum Gasteiger partial charge on any atom is -0.534 e. The molecule has 0 spiro atoms. The average molecular weight is 308 g/mol. The van der Waals surface area contributed by atoms with Gasteiger partial charge in [0.1, 0.15) is 5.75 Å². The van der Waals surface area contributed by atoms with Crippen molar-refractivity contribution >= 4 is 13.0 Å². The smallest absolute Gasteiger partial charge is 0.534 e. The van der Waals surface area contributed by atoms with Crippen molar-refractivity contribution in [3.8, 4) is 5.75 Å². The number of methoxy groups -OCH3 is 1. The summed E-state index contributed by atoms with van der Waals surface area (Å²) in [4.78, 5) is 22.2. The number of nitrogens with one attached hydrogen (secondary N) is 1. The topological polar surface area (TPSA) is 117 Å². The monoisotopic (exact) mass is 308 g/mol. The van der Waals surface area contributed by atoms with E-state index >= 15 is 0 Å². The summed E-state index contributed by atoms with van der Waals surface area (Å²) in [5.41, 5.74) is 0.859. The lowest BCUT2D eigenvalue weighted by atomic mass is 9.72. The van der Waals surface area contributed by atoms with E-state index in [1.807, 2.05) is 0 Å². The van der Waals surface area contributed by atoms with Crippen LogP contribution in [0.4, 0.5) is 0 Å². The average Bonchev–Trinajstić information content (AvgIpc) is 2.52. The molecule has 1 heterocycles. The number of nitrogens with zero attached hydrogens (tertiary/aromatic N) is 1. The van der Waals surface area contributed by atoms with E-state index in [-0.39, 0.29) is 30.2 Å². The van der Waals surface area contributed by atoms with Crippen molar-refractivity contribution in [1.29, 1.82) is 0 Å². The quantitative estimate of drug-likeness (QED) is 0.500. The standard InChI is InChI=1S/C13H17BN2O6/c1-21-6-5-11(17)15-10-7-8-3-2-4-9(13(18)16-20)12(8)22-14(10)19/h2-4,10,13,18-19H,5-7H2,1H3,(H,15,17)/t10-,13?/m0/s1. The molecule has 3 N–H and O–H groups in total. The maximum atomic E-state index is 11.7. The summed E-state index contributed by atoms with van der Waals surface area (Å²) in [6, 6.07) is 4.87. The van der Waals surface area contributed by atoms with Gasteiger partial charge in [0.2, 0.25) is 12.1 Å². The second kappa shape index (κ2) is 7.34. The van der Waals surface area contributed by atoms with E-state index in [1.54, 1.807) is 12.1 Å². The van der Waals surface area contributed by atoms with E-state index in [4.69, 9.17) is 9.39 Å². The number of amides is 1. The second-order valence-corrected chi connectivity index (χ2v) is 4.94. The Morgan fingerprint density at radius 2 is 2.41 bits per heavy atom. The van der Waals surface area contributed by atoms with Crippen LogP contribution >= 0.6 is 0 Å². The first-order valence-electron chi connectivity index (χ1n) is 6.82. The zero-order chi connectivity index (χ0) is 16.1. The summed E-state index contributed by atoms with van der Waals surface area (Å²) in [7, 11) is 0.217. The lowest BCUT2D eigenvalue weighted by molar-refractivity contribution is -0.122. The molecule has 0 aromatic heterocycles. The Balaban J connectivity index is 2.13. The Labute approximate surface area is 127 Å². The maximum absolute atomic E-state index is 11.7. The number of hydrogen-bond acceptors (Lipinski definition) is 7. The number of hydrogen-bond donors (Lipinski definition) is 3. The molecule has 0 aliphatic carbocycles. The highest BCUT2D eigenvalue weighted by atomic mass is 16.5. The van der Waals surface area contributed by atoms with Crippen molar-refractivity contribution in [2.45, 2.75) is 25.0 Å². The third-order valence-corrected chi connectivity index (χ3v) is 3.41. The second-order valence-electron chi connectivity index (χ2n) is 4.94. The molecule has 0 saturated carbocycles. The number of ether oxygens (including phenoxy) is 1. The van der Waals surface area contributed by atoms with E-state index in [2.05, 4.69) is 10.5 Å². The van der Waals surface area contributed by atoms with Crippen LogP contribution in [0, 0.1) is 4.91 Å². The largest absolute Gasteiger partial charge is 0.547 e. The van der Waals surface area contributed by atoms with Crippen molar-refractivity contribution in [1.82, 2.24) is 5.32 Å². The van der Waals surface area contributed by atoms with Crippen molar-refractivity contribution in [3.05, 3.63) is 34.2 Å². The molecule has 118 valence electrons. The van der Waals surface area contributed by atoms with Gasteiger partial charge in [0.25, 0.3) is 0 Å². The predicted molar refractivity (Wildman–Crippen MR) is 77.9 cm³/mol. The maximum Gasteiger partial charge on any atom is 0.547 e. The fraction of sp³-hybridized carbons (Fsp3) is 0.462. The minimum atomic E-state index is -1.56. The van der Waals surface area contributed by atoms with Crippen LogP contribution in [-0.2, 0) is 16.0 Å². The number of aliphatic hydroxyl groups excluding tert-OH is 1. The first-order chi connectivity index (χ1) is 10.6. The van der Waals surface area contributed by atoms with Gasteiger partial charge in [-0.3, -0.25) is 4.79 Å². The van der Waals surface area contributed by atoms with Crippen LogP contribution in [0.3, 0.4) is 0 Å². The molecule has 1 aromatic carbocycles. The number of fused-ring (bicyclic) bond motifs is 1. The Hall–Kier alpha value is -1.97. The molecule has 22 heavy (non-hydrogen) atoms. The van der Waals surface area contributed by atoms with Gasteiger partial charge in [-0.2, -0.15) is 0 Å². The van der Waals surface area contributed by atoms with Crippen LogP contribution in [-0.4, -0.2) is 42.8 Å². The molecule has 0 saturated heterocycles. The summed E-state index contributed by atoms with van der Waals surface area (Å²) >= 11 is 0. The van der Waals surface area contributed by atoms with Crippen LogP contribution in [0.25, 0.3) is 0 Å². The Morgan fingerprint density at radius 3 is 3.09 bits per heavy atom. The first-order valence-corrected chi connectivity index (χ1v) is 6.82. The van der Waals surface area contributed by atoms with Gasteiger partial charge >= 0.3 is 7.12 Å². The van der Waals surface area contributed by atoms with Crippen LogP contribution in [0.15, 0.2) is 23.4 Å². The molecular formula is C13H17BN2O6. The van der Waals surface area contributed by atoms with Crippen molar-refractivity contribution in [3.63, 3.8) is 0 Å². The normalized spacial score (nSPS) is 18.1. The van der Waals surface area contributed by atoms with Gasteiger partial charge in [0, 0.05) is 19.1 Å². The third kappa shape index (κ3) is 3.62. The molecule has 2 rings (SSSR count). The molecule has 9 heteroatoms. The molecular weight excluding hydrogens is 291 g/mol. The molecule has 8 nitrogen and oxygen atoms in total. The van der Waals surface area contributed by atoms with E-state index in [9.17, 15) is 19.8 Å². The summed E-state index contributed by atoms with van der Waals surface area (Å²) in [5.74, 6) is -0.651. The van der Waals surface area contributed by atoms with E-state index < -0.39 is 19.3 Å². The van der Waals surface area contributed by atoms with Crippen LogP contribution in [0.1, 0.15) is 23.8 Å². The lowest BCUT2D eigenvalue weighted by Gasteiger charge is -2.29. The van der Waals surface area contributed by atoms with E-state index in [0.29, 0.717) is 12.0 Å². The highest BCUT2D eigenvalue weighted by Crippen LogP contribution is 2.34. The zero-order valence-electron chi connectivity index (χ0n) is 12.1. The summed E-state index contributed by atoms with van der Waals surface area (Å²) in [6.45, 7) is 0.285. The van der Waals surface area contributed by atoms with Gasteiger partial charge in [-0.25, -0.2) is 0 Å². The molecule has 1 amide bonds. The van der Waals surface area contributed by atoms with E-state index in [1.165, 1.54) is 13.2 Å². The number of nitroso groups, excluding NO2 is 1.